The maximum atomic E-state index is 14.0. The molecule has 3 rings (SSSR count). The summed E-state index contributed by atoms with van der Waals surface area (Å²) in [4.78, 5) is 14.0. The maximum absolute atomic E-state index is 14.0. The summed E-state index contributed by atoms with van der Waals surface area (Å²) in [7, 11) is 0. The number of Topliss-reactive ketones (excluding diaryl/α,β-unsaturated/α-hetero) is 1. The Balaban J connectivity index is 1.84. The molecule has 4 nitrogen and oxygen atoms in total. The van der Waals surface area contributed by atoms with Crippen molar-refractivity contribution in [2.75, 3.05) is 36.5 Å². The van der Waals surface area contributed by atoms with Crippen LogP contribution >= 0.6 is 15.9 Å². The number of nitrogens with one attached hydrogen (secondary N) is 1. The SMILES string of the molecule is CC(=O)c1c(F)cccc1NCc1ccc(Br)cc1N1CCOCC1. The van der Waals surface area contributed by atoms with Crippen LogP contribution in [0.15, 0.2) is 40.9 Å². The number of halogens is 2. The molecule has 0 saturated carbocycles. The summed E-state index contributed by atoms with van der Waals surface area (Å²) < 4.78 is 20.4. The van der Waals surface area contributed by atoms with Gasteiger partial charge in [-0.15, -0.1) is 0 Å². The Hall–Kier alpha value is -1.92. The predicted octanol–water partition coefficient (Wildman–Crippen LogP) is 4.24. The molecule has 0 amide bonds. The van der Waals surface area contributed by atoms with E-state index in [1.54, 1.807) is 12.1 Å². The number of hydrogen-bond acceptors (Lipinski definition) is 4. The molecule has 0 aliphatic carbocycles. The Morgan fingerprint density at radius 2 is 2.04 bits per heavy atom. The average molecular weight is 407 g/mol. The number of ketones is 1. The molecule has 1 aliphatic rings. The maximum Gasteiger partial charge on any atom is 0.164 e. The summed E-state index contributed by atoms with van der Waals surface area (Å²) in [6, 6.07) is 10.7. The number of ether oxygens (including phenoxy) is 1. The molecule has 1 fully saturated rings. The van der Waals surface area contributed by atoms with Crippen LogP contribution in [0.4, 0.5) is 15.8 Å². The molecule has 25 heavy (non-hydrogen) atoms. The summed E-state index contributed by atoms with van der Waals surface area (Å²) in [5.41, 5.74) is 2.82. The van der Waals surface area contributed by atoms with Gasteiger partial charge in [-0.3, -0.25) is 4.79 Å². The fourth-order valence-electron chi connectivity index (χ4n) is 3.00. The van der Waals surface area contributed by atoms with Crippen molar-refractivity contribution < 1.29 is 13.9 Å². The number of morpholine rings is 1. The molecule has 2 aromatic carbocycles. The highest BCUT2D eigenvalue weighted by Crippen LogP contribution is 2.28. The van der Waals surface area contributed by atoms with Crippen molar-refractivity contribution in [2.24, 2.45) is 0 Å². The van der Waals surface area contributed by atoms with Gasteiger partial charge in [-0.2, -0.15) is 0 Å². The lowest BCUT2D eigenvalue weighted by Crippen LogP contribution is -2.36. The molecule has 2 aromatic rings. The van der Waals surface area contributed by atoms with Crippen LogP contribution in [0.5, 0.6) is 0 Å². The van der Waals surface area contributed by atoms with Crippen molar-refractivity contribution in [3.05, 3.63) is 57.8 Å². The predicted molar refractivity (Wildman–Crippen MR) is 101 cm³/mol. The topological polar surface area (TPSA) is 41.6 Å². The second kappa shape index (κ2) is 7.97. The molecule has 1 saturated heterocycles. The summed E-state index contributed by atoms with van der Waals surface area (Å²) in [6.45, 7) is 4.96. The zero-order chi connectivity index (χ0) is 17.8. The van der Waals surface area contributed by atoms with Crippen molar-refractivity contribution in [3.8, 4) is 0 Å². The number of hydrogen-bond donors (Lipinski definition) is 1. The Bertz CT molecular complexity index is 776. The number of nitrogens with zero attached hydrogens (tertiary/aromatic N) is 1. The van der Waals surface area contributed by atoms with Gasteiger partial charge < -0.3 is 15.0 Å². The van der Waals surface area contributed by atoms with E-state index in [2.05, 4.69) is 32.2 Å². The van der Waals surface area contributed by atoms with E-state index in [9.17, 15) is 9.18 Å². The fourth-order valence-corrected chi connectivity index (χ4v) is 3.35. The van der Waals surface area contributed by atoms with Gasteiger partial charge in [0.15, 0.2) is 5.78 Å². The lowest BCUT2D eigenvalue weighted by atomic mass is 10.1. The molecular formula is C19H20BrFN2O2. The minimum atomic E-state index is -0.498. The minimum Gasteiger partial charge on any atom is -0.380 e. The Kier molecular flexibility index (Phi) is 5.71. The summed E-state index contributed by atoms with van der Waals surface area (Å²) >= 11 is 3.53. The molecule has 0 aromatic heterocycles. The summed E-state index contributed by atoms with van der Waals surface area (Å²) in [5, 5.41) is 3.22. The van der Waals surface area contributed by atoms with E-state index < -0.39 is 5.82 Å². The third kappa shape index (κ3) is 4.19. The van der Waals surface area contributed by atoms with Crippen molar-refractivity contribution >= 4 is 33.1 Å². The van der Waals surface area contributed by atoms with Gasteiger partial charge in [-0.25, -0.2) is 4.39 Å². The van der Waals surface area contributed by atoms with Gasteiger partial charge in [0.1, 0.15) is 5.82 Å². The van der Waals surface area contributed by atoms with Crippen LogP contribution in [0.1, 0.15) is 22.8 Å². The van der Waals surface area contributed by atoms with E-state index in [0.29, 0.717) is 25.4 Å². The molecule has 0 spiro atoms. The van der Waals surface area contributed by atoms with Crippen LogP contribution < -0.4 is 10.2 Å². The standard InChI is InChI=1S/C19H20BrFN2O2/c1-13(24)19-16(21)3-2-4-17(19)22-12-14-5-6-15(20)11-18(14)23-7-9-25-10-8-23/h2-6,11,22H,7-10,12H2,1H3. The van der Waals surface area contributed by atoms with Crippen molar-refractivity contribution in [1.29, 1.82) is 0 Å². The lowest BCUT2D eigenvalue weighted by Gasteiger charge is -2.31. The van der Waals surface area contributed by atoms with Crippen molar-refractivity contribution in [2.45, 2.75) is 13.5 Å². The Labute approximate surface area is 155 Å². The van der Waals surface area contributed by atoms with E-state index >= 15 is 0 Å². The van der Waals surface area contributed by atoms with Crippen LogP contribution in [0.3, 0.4) is 0 Å². The van der Waals surface area contributed by atoms with E-state index in [0.717, 1.165) is 28.8 Å². The second-order valence-electron chi connectivity index (χ2n) is 5.94. The highest BCUT2D eigenvalue weighted by molar-refractivity contribution is 9.10. The van der Waals surface area contributed by atoms with Gasteiger partial charge in [0.2, 0.25) is 0 Å². The van der Waals surface area contributed by atoms with Gasteiger partial charge >= 0.3 is 0 Å². The third-order valence-electron chi connectivity index (χ3n) is 4.23. The van der Waals surface area contributed by atoms with E-state index in [1.807, 2.05) is 12.1 Å². The number of benzene rings is 2. The molecule has 132 valence electrons. The molecule has 1 heterocycles. The summed E-state index contributed by atoms with van der Waals surface area (Å²) in [6.07, 6.45) is 0. The minimum absolute atomic E-state index is 0.104. The van der Waals surface area contributed by atoms with Gasteiger partial charge in [-0.1, -0.05) is 28.1 Å². The van der Waals surface area contributed by atoms with Crippen LogP contribution in [-0.4, -0.2) is 32.1 Å². The molecule has 6 heteroatoms. The van der Waals surface area contributed by atoms with Crippen LogP contribution in [0.25, 0.3) is 0 Å². The number of anilines is 2. The zero-order valence-electron chi connectivity index (χ0n) is 14.0. The van der Waals surface area contributed by atoms with Gasteiger partial charge in [0.25, 0.3) is 0 Å². The van der Waals surface area contributed by atoms with Crippen LogP contribution in [-0.2, 0) is 11.3 Å². The molecule has 0 atom stereocenters. The lowest BCUT2D eigenvalue weighted by molar-refractivity contribution is 0.101. The highest BCUT2D eigenvalue weighted by atomic mass is 79.9. The first-order chi connectivity index (χ1) is 12.1. The smallest absolute Gasteiger partial charge is 0.164 e. The quantitative estimate of drug-likeness (QED) is 0.753. The molecule has 1 aliphatic heterocycles. The third-order valence-corrected chi connectivity index (χ3v) is 4.73. The number of rotatable bonds is 5. The number of carbonyl (C=O) groups is 1. The van der Waals surface area contributed by atoms with Gasteiger partial charge in [0.05, 0.1) is 18.8 Å². The molecular weight excluding hydrogens is 387 g/mol. The normalized spacial score (nSPS) is 14.4. The van der Waals surface area contributed by atoms with E-state index in [4.69, 9.17) is 4.74 Å². The fraction of sp³-hybridized carbons (Fsp3) is 0.316. The Morgan fingerprint density at radius 3 is 2.76 bits per heavy atom. The largest absolute Gasteiger partial charge is 0.380 e. The molecule has 0 radical (unpaired) electrons. The average Bonchev–Trinajstić information content (AvgIpc) is 2.61. The monoisotopic (exact) mass is 406 g/mol. The first-order valence-corrected chi connectivity index (χ1v) is 9.00. The van der Waals surface area contributed by atoms with E-state index in [1.165, 1.54) is 13.0 Å². The Morgan fingerprint density at radius 1 is 1.28 bits per heavy atom. The molecule has 0 unspecified atom stereocenters. The van der Waals surface area contributed by atoms with Crippen LogP contribution in [0, 0.1) is 5.82 Å². The second-order valence-corrected chi connectivity index (χ2v) is 6.86. The first-order valence-electron chi connectivity index (χ1n) is 8.20. The highest BCUT2D eigenvalue weighted by Gasteiger charge is 2.17. The summed E-state index contributed by atoms with van der Waals surface area (Å²) in [5.74, 6) is -0.786. The van der Waals surface area contributed by atoms with Crippen molar-refractivity contribution in [3.63, 3.8) is 0 Å². The molecule has 1 N–H and O–H groups in total. The molecule has 0 bridgehead atoms. The van der Waals surface area contributed by atoms with Gasteiger partial charge in [0, 0.05) is 35.5 Å². The van der Waals surface area contributed by atoms with Gasteiger partial charge in [-0.05, 0) is 36.8 Å². The van der Waals surface area contributed by atoms with Crippen molar-refractivity contribution in [1.82, 2.24) is 0 Å². The number of carbonyl (C=O) groups excluding carboxylic acids is 1. The first kappa shape index (κ1) is 17.9. The van der Waals surface area contributed by atoms with E-state index in [-0.39, 0.29) is 11.3 Å². The van der Waals surface area contributed by atoms with Crippen LogP contribution in [0.2, 0.25) is 0 Å². The zero-order valence-corrected chi connectivity index (χ0v) is 15.6.